The number of anilines is 1. The fourth-order valence-electron chi connectivity index (χ4n) is 2.67. The van der Waals surface area contributed by atoms with Crippen LogP contribution in [0.1, 0.15) is 12.0 Å². The second kappa shape index (κ2) is 8.34. The van der Waals surface area contributed by atoms with Crippen molar-refractivity contribution in [3.63, 3.8) is 0 Å². The summed E-state index contributed by atoms with van der Waals surface area (Å²) >= 11 is 0. The van der Waals surface area contributed by atoms with Gasteiger partial charge in [0.2, 0.25) is 10.0 Å². The van der Waals surface area contributed by atoms with Crippen molar-refractivity contribution in [2.45, 2.75) is 19.4 Å². The number of nitrogens with zero attached hydrogens (tertiary/aromatic N) is 2. The molecule has 8 heteroatoms. The van der Waals surface area contributed by atoms with Gasteiger partial charge in [-0.05, 0) is 25.5 Å². The van der Waals surface area contributed by atoms with E-state index in [9.17, 15) is 8.42 Å². The van der Waals surface area contributed by atoms with Gasteiger partial charge >= 0.3 is 0 Å². The maximum Gasteiger partial charge on any atom is 0.208 e. The maximum absolute atomic E-state index is 11.0. The average molecular weight is 353 g/mol. The molecule has 1 saturated heterocycles. The largest absolute Gasteiger partial charge is 0.369 e. The van der Waals surface area contributed by atoms with Crippen molar-refractivity contribution in [3.8, 4) is 0 Å². The van der Waals surface area contributed by atoms with Crippen LogP contribution in [-0.4, -0.2) is 59.9 Å². The highest BCUT2D eigenvalue weighted by Crippen LogP contribution is 2.20. The summed E-state index contributed by atoms with van der Waals surface area (Å²) in [5.41, 5.74) is 2.50. The zero-order valence-electron chi connectivity index (χ0n) is 14.5. The van der Waals surface area contributed by atoms with Crippen LogP contribution in [0.2, 0.25) is 0 Å². The van der Waals surface area contributed by atoms with Crippen LogP contribution < -0.4 is 20.3 Å². The van der Waals surface area contributed by atoms with Crippen molar-refractivity contribution in [2.75, 3.05) is 44.4 Å². The van der Waals surface area contributed by atoms with Gasteiger partial charge in [0.05, 0.1) is 6.26 Å². The Hall–Kier alpha value is -1.80. The van der Waals surface area contributed by atoms with Crippen LogP contribution in [-0.2, 0) is 10.0 Å². The number of guanidine groups is 1. The number of benzene rings is 1. The molecule has 0 aromatic heterocycles. The Morgan fingerprint density at radius 2 is 2.00 bits per heavy atom. The highest BCUT2D eigenvalue weighted by Gasteiger charge is 2.23. The Morgan fingerprint density at radius 1 is 1.29 bits per heavy atom. The number of aryl methyl sites for hydroxylation is 1. The smallest absolute Gasteiger partial charge is 0.208 e. The minimum absolute atomic E-state index is 0.320. The number of rotatable bonds is 6. The van der Waals surface area contributed by atoms with Crippen LogP contribution in [0.4, 0.5) is 5.69 Å². The molecule has 1 heterocycles. The van der Waals surface area contributed by atoms with Crippen molar-refractivity contribution in [3.05, 3.63) is 29.8 Å². The lowest BCUT2D eigenvalue weighted by atomic mass is 10.2. The Morgan fingerprint density at radius 3 is 2.62 bits per heavy atom. The van der Waals surface area contributed by atoms with Gasteiger partial charge in [-0.3, -0.25) is 4.99 Å². The topological polar surface area (TPSA) is 85.8 Å². The van der Waals surface area contributed by atoms with E-state index in [0.29, 0.717) is 25.1 Å². The molecule has 1 atom stereocenters. The first-order valence-electron chi connectivity index (χ1n) is 8.11. The minimum atomic E-state index is -3.15. The molecule has 1 aliphatic rings. The average Bonchev–Trinajstić information content (AvgIpc) is 2.98. The van der Waals surface area contributed by atoms with E-state index < -0.39 is 10.0 Å². The Kier molecular flexibility index (Phi) is 6.44. The van der Waals surface area contributed by atoms with Crippen molar-refractivity contribution in [2.24, 2.45) is 4.99 Å². The third-order valence-electron chi connectivity index (χ3n) is 3.93. The van der Waals surface area contributed by atoms with Gasteiger partial charge in [0.25, 0.3) is 0 Å². The zero-order chi connectivity index (χ0) is 17.6. The van der Waals surface area contributed by atoms with Crippen LogP contribution in [0.3, 0.4) is 0 Å². The van der Waals surface area contributed by atoms with Gasteiger partial charge in [0, 0.05) is 45.0 Å². The molecule has 0 saturated carbocycles. The predicted molar refractivity (Wildman–Crippen MR) is 99.1 cm³/mol. The van der Waals surface area contributed by atoms with E-state index in [1.165, 1.54) is 11.3 Å². The minimum Gasteiger partial charge on any atom is -0.369 e. The Labute approximate surface area is 144 Å². The third kappa shape index (κ3) is 6.01. The van der Waals surface area contributed by atoms with Crippen LogP contribution >= 0.6 is 0 Å². The standard InChI is InChI=1S/C16H27N5O2S/c1-13-4-6-15(7-5-13)21-11-8-14(12-21)20-16(17-2)18-9-10-19-24(3,22)23/h4-7,14,19H,8-12H2,1-3H3,(H2,17,18,20). The van der Waals surface area contributed by atoms with Crippen molar-refractivity contribution in [1.82, 2.24) is 15.4 Å². The lowest BCUT2D eigenvalue weighted by Gasteiger charge is -2.20. The second-order valence-electron chi connectivity index (χ2n) is 6.08. The van der Waals surface area contributed by atoms with Crippen molar-refractivity contribution in [1.29, 1.82) is 0 Å². The van der Waals surface area contributed by atoms with Gasteiger partial charge in [-0.25, -0.2) is 13.1 Å². The molecule has 24 heavy (non-hydrogen) atoms. The Balaban J connectivity index is 1.77. The van der Waals surface area contributed by atoms with Gasteiger partial charge < -0.3 is 15.5 Å². The van der Waals surface area contributed by atoms with Crippen molar-refractivity contribution >= 4 is 21.7 Å². The summed E-state index contributed by atoms with van der Waals surface area (Å²) in [4.78, 5) is 6.55. The lowest BCUT2D eigenvalue weighted by Crippen LogP contribution is -2.46. The van der Waals surface area contributed by atoms with Gasteiger partial charge in [-0.2, -0.15) is 0 Å². The molecule has 1 fully saturated rings. The summed E-state index contributed by atoms with van der Waals surface area (Å²) in [7, 11) is -1.43. The molecule has 0 aliphatic carbocycles. The number of aliphatic imine (C=N–C) groups is 1. The molecule has 7 nitrogen and oxygen atoms in total. The number of hydrogen-bond acceptors (Lipinski definition) is 4. The fraction of sp³-hybridized carbons (Fsp3) is 0.562. The quantitative estimate of drug-likeness (QED) is 0.389. The Bertz CT molecular complexity index is 658. The normalized spacial score (nSPS) is 18.7. The van der Waals surface area contributed by atoms with E-state index in [0.717, 1.165) is 25.8 Å². The monoisotopic (exact) mass is 353 g/mol. The van der Waals surface area contributed by atoms with E-state index in [-0.39, 0.29) is 0 Å². The first-order chi connectivity index (χ1) is 11.4. The molecule has 1 aromatic carbocycles. The summed E-state index contributed by atoms with van der Waals surface area (Å²) in [6, 6.07) is 8.89. The summed E-state index contributed by atoms with van der Waals surface area (Å²) in [6.45, 7) is 4.84. The molecule has 1 aromatic rings. The lowest BCUT2D eigenvalue weighted by molar-refractivity contribution is 0.585. The van der Waals surface area contributed by atoms with Crippen LogP contribution in [0.15, 0.2) is 29.3 Å². The molecule has 0 radical (unpaired) electrons. The van der Waals surface area contributed by atoms with Gasteiger partial charge in [-0.1, -0.05) is 17.7 Å². The van der Waals surface area contributed by atoms with Crippen LogP contribution in [0.25, 0.3) is 0 Å². The fourth-order valence-corrected chi connectivity index (χ4v) is 3.15. The van der Waals surface area contributed by atoms with E-state index in [1.54, 1.807) is 7.05 Å². The first kappa shape index (κ1) is 18.5. The summed E-state index contributed by atoms with van der Waals surface area (Å²) in [6.07, 6.45) is 2.19. The summed E-state index contributed by atoms with van der Waals surface area (Å²) < 4.78 is 24.5. The molecule has 3 N–H and O–H groups in total. The molecule has 134 valence electrons. The molecule has 0 spiro atoms. The van der Waals surface area contributed by atoms with E-state index in [4.69, 9.17) is 0 Å². The maximum atomic E-state index is 11.0. The molecular formula is C16H27N5O2S. The molecule has 2 rings (SSSR count). The SMILES string of the molecule is CN=C(NCCNS(C)(=O)=O)NC1CCN(c2ccc(C)cc2)C1. The summed E-state index contributed by atoms with van der Waals surface area (Å²) in [5, 5.41) is 6.52. The van der Waals surface area contributed by atoms with Gasteiger partial charge in [-0.15, -0.1) is 0 Å². The highest BCUT2D eigenvalue weighted by atomic mass is 32.2. The van der Waals surface area contributed by atoms with Crippen molar-refractivity contribution < 1.29 is 8.42 Å². The summed E-state index contributed by atoms with van der Waals surface area (Å²) in [5.74, 6) is 0.695. The molecule has 1 unspecified atom stereocenters. The molecule has 0 amide bonds. The van der Waals surface area contributed by atoms with Crippen LogP contribution in [0.5, 0.6) is 0 Å². The zero-order valence-corrected chi connectivity index (χ0v) is 15.4. The second-order valence-corrected chi connectivity index (χ2v) is 7.91. The van der Waals surface area contributed by atoms with E-state index in [1.807, 2.05) is 0 Å². The molecular weight excluding hydrogens is 326 g/mol. The van der Waals surface area contributed by atoms with Gasteiger partial charge in [0.15, 0.2) is 5.96 Å². The number of hydrogen-bond donors (Lipinski definition) is 3. The third-order valence-corrected chi connectivity index (χ3v) is 4.66. The molecule has 1 aliphatic heterocycles. The first-order valence-corrected chi connectivity index (χ1v) is 10.00. The predicted octanol–water partition coefficient (Wildman–Crippen LogP) is 0.288. The molecule has 0 bridgehead atoms. The number of nitrogens with one attached hydrogen (secondary N) is 3. The van der Waals surface area contributed by atoms with Gasteiger partial charge in [0.1, 0.15) is 0 Å². The van der Waals surface area contributed by atoms with Crippen LogP contribution in [0, 0.1) is 6.92 Å². The van der Waals surface area contributed by atoms with E-state index >= 15 is 0 Å². The van der Waals surface area contributed by atoms with E-state index in [2.05, 4.69) is 56.4 Å². The highest BCUT2D eigenvalue weighted by molar-refractivity contribution is 7.88. The number of sulfonamides is 1.